The molecule has 0 radical (unpaired) electrons. The van der Waals surface area contributed by atoms with Crippen LogP contribution in [0.5, 0.6) is 0 Å². The van der Waals surface area contributed by atoms with Gasteiger partial charge < -0.3 is 5.73 Å². The summed E-state index contributed by atoms with van der Waals surface area (Å²) in [5, 5.41) is 0. The maximum atomic E-state index is 13.5. The van der Waals surface area contributed by atoms with Crippen molar-refractivity contribution in [3.8, 4) is 11.1 Å². The summed E-state index contributed by atoms with van der Waals surface area (Å²) < 4.78 is 52.6. The minimum absolute atomic E-state index is 0.161. The standard InChI is InChI=1S/C12H7F4N/c13-9-3-6(17)1-2-7(9)8-4-11(15)12(16)5-10(8)14/h1-5H,17H2. The third-order valence-corrected chi connectivity index (χ3v) is 2.29. The van der Waals surface area contributed by atoms with E-state index in [2.05, 4.69) is 0 Å². The highest BCUT2D eigenvalue weighted by Crippen LogP contribution is 2.28. The topological polar surface area (TPSA) is 26.0 Å². The van der Waals surface area contributed by atoms with Crippen molar-refractivity contribution in [1.82, 2.24) is 0 Å². The SMILES string of the molecule is Nc1ccc(-c2cc(F)c(F)cc2F)c(F)c1. The largest absolute Gasteiger partial charge is 0.399 e. The third-order valence-electron chi connectivity index (χ3n) is 2.29. The first-order valence-corrected chi connectivity index (χ1v) is 4.69. The molecule has 0 amide bonds. The van der Waals surface area contributed by atoms with E-state index in [0.717, 1.165) is 6.07 Å². The number of benzene rings is 2. The molecule has 0 heterocycles. The van der Waals surface area contributed by atoms with Gasteiger partial charge in [-0.25, -0.2) is 17.6 Å². The average molecular weight is 241 g/mol. The third kappa shape index (κ3) is 2.08. The zero-order valence-electron chi connectivity index (χ0n) is 8.48. The maximum Gasteiger partial charge on any atom is 0.161 e. The number of hydrogen-bond acceptors (Lipinski definition) is 1. The van der Waals surface area contributed by atoms with Crippen LogP contribution in [0.25, 0.3) is 11.1 Å². The van der Waals surface area contributed by atoms with E-state index in [4.69, 9.17) is 5.73 Å². The molecule has 17 heavy (non-hydrogen) atoms. The summed E-state index contributed by atoms with van der Waals surface area (Å²) in [5.41, 5.74) is 4.97. The Balaban J connectivity index is 2.64. The zero-order valence-corrected chi connectivity index (χ0v) is 8.48. The normalized spacial score (nSPS) is 10.6. The van der Waals surface area contributed by atoms with Crippen LogP contribution < -0.4 is 5.73 Å². The molecule has 2 N–H and O–H groups in total. The van der Waals surface area contributed by atoms with Gasteiger partial charge in [0.05, 0.1) is 0 Å². The molecule has 0 fully saturated rings. The van der Waals surface area contributed by atoms with Crippen LogP contribution in [-0.4, -0.2) is 0 Å². The van der Waals surface area contributed by atoms with Crippen LogP contribution in [0, 0.1) is 23.3 Å². The smallest absolute Gasteiger partial charge is 0.161 e. The van der Waals surface area contributed by atoms with Gasteiger partial charge in [0.1, 0.15) is 11.6 Å². The van der Waals surface area contributed by atoms with Crippen LogP contribution in [0.4, 0.5) is 23.2 Å². The lowest BCUT2D eigenvalue weighted by molar-refractivity contribution is 0.495. The van der Waals surface area contributed by atoms with Gasteiger partial charge in [-0.15, -0.1) is 0 Å². The van der Waals surface area contributed by atoms with E-state index in [0.29, 0.717) is 12.1 Å². The molecule has 0 atom stereocenters. The van der Waals surface area contributed by atoms with E-state index in [1.54, 1.807) is 0 Å². The van der Waals surface area contributed by atoms with E-state index < -0.39 is 23.3 Å². The Morgan fingerprint density at radius 1 is 0.647 bits per heavy atom. The van der Waals surface area contributed by atoms with Gasteiger partial charge in [0.15, 0.2) is 11.6 Å². The molecule has 88 valence electrons. The molecule has 2 aromatic carbocycles. The number of nitrogen functional groups attached to an aromatic ring is 1. The molecule has 2 aromatic rings. The molecule has 0 bridgehead atoms. The van der Waals surface area contributed by atoms with Gasteiger partial charge in [-0.3, -0.25) is 0 Å². The lowest BCUT2D eigenvalue weighted by atomic mass is 10.0. The molecule has 1 nitrogen and oxygen atoms in total. The van der Waals surface area contributed by atoms with Crippen LogP contribution in [0.15, 0.2) is 30.3 Å². The van der Waals surface area contributed by atoms with Gasteiger partial charge in [0.2, 0.25) is 0 Å². The minimum atomic E-state index is -1.32. The number of rotatable bonds is 1. The van der Waals surface area contributed by atoms with Crippen molar-refractivity contribution in [2.24, 2.45) is 0 Å². The van der Waals surface area contributed by atoms with Gasteiger partial charge >= 0.3 is 0 Å². The Labute approximate surface area is 94.5 Å². The van der Waals surface area contributed by atoms with Gasteiger partial charge in [-0.2, -0.15) is 0 Å². The summed E-state index contributed by atoms with van der Waals surface area (Å²) in [6, 6.07) is 4.52. The molecule has 0 spiro atoms. The summed E-state index contributed by atoms with van der Waals surface area (Å²) >= 11 is 0. The predicted octanol–water partition coefficient (Wildman–Crippen LogP) is 3.49. The van der Waals surface area contributed by atoms with E-state index in [1.807, 2.05) is 0 Å². The van der Waals surface area contributed by atoms with Crippen molar-refractivity contribution in [3.05, 3.63) is 53.6 Å². The lowest BCUT2D eigenvalue weighted by Crippen LogP contribution is -1.95. The summed E-state index contributed by atoms with van der Waals surface area (Å²) in [5.74, 6) is -4.39. The Morgan fingerprint density at radius 2 is 1.24 bits per heavy atom. The van der Waals surface area contributed by atoms with E-state index in [-0.39, 0.29) is 16.8 Å². The molecule has 2 rings (SSSR count). The quantitative estimate of drug-likeness (QED) is 0.461. The average Bonchev–Trinajstić information content (AvgIpc) is 2.24. The minimum Gasteiger partial charge on any atom is -0.399 e. The molecule has 0 saturated heterocycles. The van der Waals surface area contributed by atoms with Crippen molar-refractivity contribution in [2.45, 2.75) is 0 Å². The number of nitrogens with two attached hydrogens (primary N) is 1. The lowest BCUT2D eigenvalue weighted by Gasteiger charge is -2.06. The summed E-state index contributed by atoms with van der Waals surface area (Å²) in [7, 11) is 0. The Hall–Kier alpha value is -2.04. The second-order valence-corrected chi connectivity index (χ2v) is 3.49. The highest BCUT2D eigenvalue weighted by atomic mass is 19.2. The molecule has 5 heteroatoms. The first kappa shape index (κ1) is 11.4. The number of hydrogen-bond donors (Lipinski definition) is 1. The monoisotopic (exact) mass is 241 g/mol. The van der Waals surface area contributed by atoms with Gasteiger partial charge in [-0.1, -0.05) is 0 Å². The molecule has 0 aliphatic rings. The van der Waals surface area contributed by atoms with Gasteiger partial charge in [0.25, 0.3) is 0 Å². The van der Waals surface area contributed by atoms with E-state index in [9.17, 15) is 17.6 Å². The summed E-state index contributed by atoms with van der Waals surface area (Å²) in [6.45, 7) is 0. The van der Waals surface area contributed by atoms with Crippen LogP contribution in [0.1, 0.15) is 0 Å². The second kappa shape index (κ2) is 4.08. The Bertz CT molecular complexity index is 581. The van der Waals surface area contributed by atoms with E-state index in [1.165, 1.54) is 12.1 Å². The first-order valence-electron chi connectivity index (χ1n) is 4.69. The summed E-state index contributed by atoms with van der Waals surface area (Å²) in [6.07, 6.45) is 0. The molecular formula is C12H7F4N. The highest BCUT2D eigenvalue weighted by molar-refractivity contribution is 5.67. The molecule has 0 unspecified atom stereocenters. The second-order valence-electron chi connectivity index (χ2n) is 3.49. The van der Waals surface area contributed by atoms with Crippen LogP contribution in [-0.2, 0) is 0 Å². The van der Waals surface area contributed by atoms with Gasteiger partial charge in [0, 0.05) is 22.9 Å². The zero-order chi connectivity index (χ0) is 12.6. The van der Waals surface area contributed by atoms with Crippen LogP contribution in [0.3, 0.4) is 0 Å². The molecule has 0 aliphatic heterocycles. The molecular weight excluding hydrogens is 234 g/mol. The number of anilines is 1. The van der Waals surface area contributed by atoms with E-state index >= 15 is 0 Å². The fourth-order valence-corrected chi connectivity index (χ4v) is 1.48. The number of halogens is 4. The Kier molecular flexibility index (Phi) is 2.75. The van der Waals surface area contributed by atoms with Crippen LogP contribution in [0.2, 0.25) is 0 Å². The van der Waals surface area contributed by atoms with Crippen LogP contribution >= 0.6 is 0 Å². The highest BCUT2D eigenvalue weighted by Gasteiger charge is 2.14. The molecule has 0 saturated carbocycles. The summed E-state index contributed by atoms with van der Waals surface area (Å²) in [4.78, 5) is 0. The molecule has 0 aromatic heterocycles. The predicted molar refractivity (Wildman–Crippen MR) is 56.1 cm³/mol. The Morgan fingerprint density at radius 3 is 1.88 bits per heavy atom. The fraction of sp³-hybridized carbons (Fsp3) is 0. The van der Waals surface area contributed by atoms with Crippen molar-refractivity contribution >= 4 is 5.69 Å². The van der Waals surface area contributed by atoms with Crippen molar-refractivity contribution in [2.75, 3.05) is 5.73 Å². The van der Waals surface area contributed by atoms with Crippen molar-refractivity contribution in [1.29, 1.82) is 0 Å². The molecule has 0 aliphatic carbocycles. The fourth-order valence-electron chi connectivity index (χ4n) is 1.48. The van der Waals surface area contributed by atoms with Crippen molar-refractivity contribution in [3.63, 3.8) is 0 Å². The maximum absolute atomic E-state index is 13.5. The first-order chi connectivity index (χ1) is 7.99. The van der Waals surface area contributed by atoms with Crippen molar-refractivity contribution < 1.29 is 17.6 Å². The van der Waals surface area contributed by atoms with Gasteiger partial charge in [-0.05, 0) is 24.3 Å².